The van der Waals surface area contributed by atoms with Crippen molar-refractivity contribution in [3.63, 3.8) is 0 Å². The number of hydrogen-bond acceptors (Lipinski definition) is 7. The number of nitrogen functional groups attached to an aromatic ring is 1. The van der Waals surface area contributed by atoms with Crippen molar-refractivity contribution in [2.45, 2.75) is 30.8 Å². The van der Waals surface area contributed by atoms with Gasteiger partial charge in [-0.15, -0.1) is 0 Å². The first-order valence-electron chi connectivity index (χ1n) is 6.19. The molecule has 0 spiro atoms. The van der Waals surface area contributed by atoms with Crippen molar-refractivity contribution in [2.75, 3.05) is 5.73 Å². The van der Waals surface area contributed by atoms with Gasteiger partial charge < -0.3 is 25.6 Å². The summed E-state index contributed by atoms with van der Waals surface area (Å²) in [5, 5.41) is 29.3. The molecule has 1 fully saturated rings. The van der Waals surface area contributed by atoms with Crippen LogP contribution in [0.15, 0.2) is 12.9 Å². The predicted molar refractivity (Wildman–Crippen MR) is 71.5 cm³/mol. The maximum atomic E-state index is 10.0. The van der Waals surface area contributed by atoms with Crippen LogP contribution in [0.1, 0.15) is 18.3 Å². The highest BCUT2D eigenvalue weighted by molar-refractivity contribution is 5.82. The Hall–Kier alpha value is -2.03. The van der Waals surface area contributed by atoms with Gasteiger partial charge in [0.05, 0.1) is 18.5 Å². The third-order valence-corrected chi connectivity index (χ3v) is 3.63. The molecule has 2 aromatic rings. The molecule has 4 unspecified atom stereocenters. The van der Waals surface area contributed by atoms with Crippen LogP contribution in [0.4, 0.5) is 5.82 Å². The Morgan fingerprint density at radius 1 is 1.30 bits per heavy atom. The van der Waals surface area contributed by atoms with Crippen LogP contribution in [0.5, 0.6) is 0 Å². The molecule has 3 rings (SSSR count). The number of aliphatic hydroxyl groups is 3. The van der Waals surface area contributed by atoms with Crippen molar-refractivity contribution in [1.29, 1.82) is 0 Å². The lowest BCUT2D eigenvalue weighted by Gasteiger charge is -2.17. The summed E-state index contributed by atoms with van der Waals surface area (Å²) in [5.41, 5.74) is 6.66. The second kappa shape index (κ2) is 4.51. The van der Waals surface area contributed by atoms with E-state index in [0.717, 1.165) is 0 Å². The van der Waals surface area contributed by atoms with Crippen LogP contribution in [-0.2, 0) is 0 Å². The zero-order valence-corrected chi connectivity index (χ0v) is 10.6. The molecule has 0 aromatic carbocycles. The standard InChI is InChI=1S/C12H15N5O3/c1-2-7-15-11(13)8-12(16-7)17(4-14-8)5-3-6(18)10(20)9(5)19/h2,4-6,9-10,18-20H,1,3H2,(H2,13,15,16). The summed E-state index contributed by atoms with van der Waals surface area (Å²) < 4.78 is 1.60. The molecule has 1 saturated carbocycles. The van der Waals surface area contributed by atoms with Gasteiger partial charge in [0, 0.05) is 0 Å². The molecule has 2 aromatic heterocycles. The average molecular weight is 277 g/mol. The lowest BCUT2D eigenvalue weighted by atomic mass is 10.2. The molecule has 2 heterocycles. The van der Waals surface area contributed by atoms with Crippen molar-refractivity contribution >= 4 is 23.1 Å². The van der Waals surface area contributed by atoms with Gasteiger partial charge in [-0.25, -0.2) is 15.0 Å². The number of anilines is 1. The van der Waals surface area contributed by atoms with E-state index in [1.54, 1.807) is 4.57 Å². The molecule has 8 heteroatoms. The maximum Gasteiger partial charge on any atom is 0.166 e. The van der Waals surface area contributed by atoms with E-state index in [2.05, 4.69) is 21.5 Å². The van der Waals surface area contributed by atoms with Gasteiger partial charge in [-0.2, -0.15) is 0 Å². The minimum atomic E-state index is -1.18. The van der Waals surface area contributed by atoms with Crippen LogP contribution in [0.25, 0.3) is 17.2 Å². The number of aromatic nitrogens is 4. The van der Waals surface area contributed by atoms with E-state index in [1.807, 2.05) is 0 Å². The lowest BCUT2D eigenvalue weighted by Crippen LogP contribution is -2.31. The van der Waals surface area contributed by atoms with Gasteiger partial charge in [-0.1, -0.05) is 6.58 Å². The Morgan fingerprint density at radius 3 is 2.65 bits per heavy atom. The van der Waals surface area contributed by atoms with Crippen LogP contribution in [0.2, 0.25) is 0 Å². The summed E-state index contributed by atoms with van der Waals surface area (Å²) in [6.45, 7) is 3.59. The van der Waals surface area contributed by atoms with Gasteiger partial charge in [-0.05, 0) is 12.5 Å². The molecule has 1 aliphatic carbocycles. The smallest absolute Gasteiger partial charge is 0.166 e. The summed E-state index contributed by atoms with van der Waals surface area (Å²) in [5.74, 6) is 0.572. The molecule has 5 N–H and O–H groups in total. The van der Waals surface area contributed by atoms with Crippen molar-refractivity contribution in [3.05, 3.63) is 18.7 Å². The van der Waals surface area contributed by atoms with Gasteiger partial charge in [0.15, 0.2) is 17.3 Å². The summed E-state index contributed by atoms with van der Waals surface area (Å²) in [4.78, 5) is 12.4. The quantitative estimate of drug-likeness (QED) is 0.558. The molecular weight excluding hydrogens is 262 g/mol. The van der Waals surface area contributed by atoms with E-state index < -0.39 is 24.4 Å². The fourth-order valence-corrected chi connectivity index (χ4v) is 2.55. The van der Waals surface area contributed by atoms with Gasteiger partial charge in [0.2, 0.25) is 0 Å². The molecule has 20 heavy (non-hydrogen) atoms. The molecular formula is C12H15N5O3. The first kappa shape index (κ1) is 13.0. The molecule has 106 valence electrons. The number of nitrogens with zero attached hydrogens (tertiary/aromatic N) is 4. The average Bonchev–Trinajstić information content (AvgIpc) is 2.96. The minimum absolute atomic E-state index is 0.209. The largest absolute Gasteiger partial charge is 0.390 e. The zero-order chi connectivity index (χ0) is 14.4. The van der Waals surface area contributed by atoms with Gasteiger partial charge in [-0.3, -0.25) is 0 Å². The molecule has 0 aliphatic heterocycles. The Balaban J connectivity index is 2.13. The normalized spacial score (nSPS) is 29.9. The molecule has 1 aliphatic rings. The van der Waals surface area contributed by atoms with Gasteiger partial charge >= 0.3 is 0 Å². The van der Waals surface area contributed by atoms with Crippen LogP contribution in [0.3, 0.4) is 0 Å². The van der Waals surface area contributed by atoms with E-state index in [-0.39, 0.29) is 12.2 Å². The SMILES string of the molecule is C=Cc1nc(N)c2ncn(C3CC(O)C(O)C3O)c2n1. The topological polar surface area (TPSA) is 130 Å². The first-order valence-corrected chi connectivity index (χ1v) is 6.19. The van der Waals surface area contributed by atoms with E-state index in [4.69, 9.17) is 5.73 Å². The molecule has 0 saturated heterocycles. The summed E-state index contributed by atoms with van der Waals surface area (Å²) in [7, 11) is 0. The maximum absolute atomic E-state index is 10.0. The number of imidazole rings is 1. The van der Waals surface area contributed by atoms with Crippen LogP contribution >= 0.6 is 0 Å². The highest BCUT2D eigenvalue weighted by atomic mass is 16.4. The molecule has 8 nitrogen and oxygen atoms in total. The molecule has 4 atom stereocenters. The number of fused-ring (bicyclic) bond motifs is 1. The number of aliphatic hydroxyl groups excluding tert-OH is 3. The number of nitrogens with two attached hydrogens (primary N) is 1. The van der Waals surface area contributed by atoms with Crippen LogP contribution in [-0.4, -0.2) is 53.2 Å². The second-order valence-corrected chi connectivity index (χ2v) is 4.85. The first-order chi connectivity index (χ1) is 9.52. The van der Waals surface area contributed by atoms with E-state index in [0.29, 0.717) is 17.0 Å². The Bertz CT molecular complexity index is 670. The minimum Gasteiger partial charge on any atom is -0.390 e. The third kappa shape index (κ3) is 1.77. The highest BCUT2D eigenvalue weighted by Gasteiger charge is 2.42. The molecule has 0 bridgehead atoms. The van der Waals surface area contributed by atoms with Crippen molar-refractivity contribution in [2.24, 2.45) is 0 Å². The van der Waals surface area contributed by atoms with Crippen LogP contribution < -0.4 is 5.73 Å². The fraction of sp³-hybridized carbons (Fsp3) is 0.417. The Kier molecular flexibility index (Phi) is 2.93. The van der Waals surface area contributed by atoms with Crippen molar-refractivity contribution in [3.8, 4) is 0 Å². The van der Waals surface area contributed by atoms with E-state index in [1.165, 1.54) is 12.4 Å². The summed E-state index contributed by atoms with van der Waals surface area (Å²) in [6, 6.07) is -0.517. The van der Waals surface area contributed by atoms with Gasteiger partial charge in [0.1, 0.15) is 17.7 Å². The fourth-order valence-electron chi connectivity index (χ4n) is 2.55. The van der Waals surface area contributed by atoms with Gasteiger partial charge in [0.25, 0.3) is 0 Å². The monoisotopic (exact) mass is 277 g/mol. The summed E-state index contributed by atoms with van der Waals surface area (Å²) >= 11 is 0. The van der Waals surface area contributed by atoms with Crippen molar-refractivity contribution in [1.82, 2.24) is 19.5 Å². The molecule has 0 radical (unpaired) electrons. The summed E-state index contributed by atoms with van der Waals surface area (Å²) in [6.07, 6.45) is -0.114. The Morgan fingerprint density at radius 2 is 2.05 bits per heavy atom. The molecule has 0 amide bonds. The number of rotatable bonds is 2. The zero-order valence-electron chi connectivity index (χ0n) is 10.6. The second-order valence-electron chi connectivity index (χ2n) is 4.85. The lowest BCUT2D eigenvalue weighted by molar-refractivity contribution is -0.0244. The predicted octanol–water partition coefficient (Wildman–Crippen LogP) is -0.921. The Labute approximate surface area is 114 Å². The highest BCUT2D eigenvalue weighted by Crippen LogP contribution is 2.33. The van der Waals surface area contributed by atoms with E-state index >= 15 is 0 Å². The van der Waals surface area contributed by atoms with Crippen molar-refractivity contribution < 1.29 is 15.3 Å². The third-order valence-electron chi connectivity index (χ3n) is 3.63. The van der Waals surface area contributed by atoms with E-state index in [9.17, 15) is 15.3 Å². The number of hydrogen-bond donors (Lipinski definition) is 4. The van der Waals surface area contributed by atoms with Crippen LogP contribution in [0, 0.1) is 0 Å².